The van der Waals surface area contributed by atoms with Crippen molar-refractivity contribution in [2.45, 2.75) is 19.3 Å². The predicted molar refractivity (Wildman–Crippen MR) is 53.9 cm³/mol. The highest BCUT2D eigenvalue weighted by Crippen LogP contribution is 2.14. The van der Waals surface area contributed by atoms with Crippen molar-refractivity contribution in [3.05, 3.63) is 35.1 Å². The summed E-state index contributed by atoms with van der Waals surface area (Å²) in [5, 5.41) is 17.3. The highest BCUT2D eigenvalue weighted by Gasteiger charge is 2.11. The van der Waals surface area contributed by atoms with Crippen LogP contribution in [-0.2, 0) is 11.2 Å². The molecule has 0 unspecified atom stereocenters. The van der Waals surface area contributed by atoms with Gasteiger partial charge in [0.1, 0.15) is 5.82 Å². The Kier molecular flexibility index (Phi) is 3.99. The molecule has 0 aromatic heterocycles. The maximum atomic E-state index is 12.9. The average molecular weight is 226 g/mol. The van der Waals surface area contributed by atoms with Crippen molar-refractivity contribution in [2.75, 3.05) is 0 Å². The molecule has 0 aliphatic rings. The van der Waals surface area contributed by atoms with Gasteiger partial charge < -0.3 is 10.2 Å². The van der Waals surface area contributed by atoms with Gasteiger partial charge in [-0.3, -0.25) is 4.79 Å². The van der Waals surface area contributed by atoms with E-state index in [1.165, 1.54) is 6.07 Å². The number of hydrogen-bond acceptors (Lipinski definition) is 2. The third-order valence-corrected chi connectivity index (χ3v) is 2.13. The van der Waals surface area contributed by atoms with Gasteiger partial charge in [-0.2, -0.15) is 0 Å². The fourth-order valence-electron chi connectivity index (χ4n) is 1.41. The zero-order chi connectivity index (χ0) is 12.1. The Bertz CT molecular complexity index is 414. The molecule has 0 amide bonds. The number of benzene rings is 1. The van der Waals surface area contributed by atoms with E-state index in [4.69, 9.17) is 10.2 Å². The van der Waals surface area contributed by atoms with Crippen molar-refractivity contribution in [3.8, 4) is 0 Å². The second-order valence-electron chi connectivity index (χ2n) is 3.35. The van der Waals surface area contributed by atoms with Crippen LogP contribution in [0.2, 0.25) is 0 Å². The van der Waals surface area contributed by atoms with Crippen LogP contribution >= 0.6 is 0 Å². The minimum absolute atomic E-state index is 0.0202. The second kappa shape index (κ2) is 5.25. The number of carboxylic acids is 2. The molecule has 0 radical (unpaired) electrons. The first-order chi connectivity index (χ1) is 7.50. The van der Waals surface area contributed by atoms with Crippen LogP contribution in [0.5, 0.6) is 0 Å². The standard InChI is InChI=1S/C11H11FO4/c12-8-4-5-9(11(15)16)7(6-8)2-1-3-10(13)14/h4-6H,1-3H2,(H,13,14)(H,15,16). The second-order valence-corrected chi connectivity index (χ2v) is 3.35. The summed E-state index contributed by atoms with van der Waals surface area (Å²) in [5.41, 5.74) is 0.348. The number of aliphatic carboxylic acids is 1. The van der Waals surface area contributed by atoms with Crippen molar-refractivity contribution in [3.63, 3.8) is 0 Å². The molecule has 1 aromatic rings. The van der Waals surface area contributed by atoms with E-state index in [1.54, 1.807) is 0 Å². The number of hydrogen-bond donors (Lipinski definition) is 2. The molecule has 0 saturated heterocycles. The third kappa shape index (κ3) is 3.34. The van der Waals surface area contributed by atoms with E-state index in [-0.39, 0.29) is 18.4 Å². The molecule has 0 fully saturated rings. The lowest BCUT2D eigenvalue weighted by Crippen LogP contribution is -2.04. The summed E-state index contributed by atoms with van der Waals surface area (Å²) in [6, 6.07) is 3.39. The molecule has 1 rings (SSSR count). The van der Waals surface area contributed by atoms with Crippen LogP contribution < -0.4 is 0 Å². The quantitative estimate of drug-likeness (QED) is 0.804. The summed E-state index contributed by atoms with van der Waals surface area (Å²) in [4.78, 5) is 21.1. The van der Waals surface area contributed by atoms with E-state index in [9.17, 15) is 14.0 Å². The van der Waals surface area contributed by atoms with Gasteiger partial charge in [-0.25, -0.2) is 9.18 Å². The minimum atomic E-state index is -1.13. The van der Waals surface area contributed by atoms with Crippen molar-refractivity contribution in [1.29, 1.82) is 0 Å². The van der Waals surface area contributed by atoms with Crippen molar-refractivity contribution < 1.29 is 24.2 Å². The Labute approximate surface area is 91.3 Å². The molecule has 2 N–H and O–H groups in total. The molecule has 0 heterocycles. The maximum absolute atomic E-state index is 12.9. The van der Waals surface area contributed by atoms with Crippen molar-refractivity contribution >= 4 is 11.9 Å². The number of rotatable bonds is 5. The highest BCUT2D eigenvalue weighted by atomic mass is 19.1. The van der Waals surface area contributed by atoms with E-state index in [0.717, 1.165) is 12.1 Å². The fraction of sp³-hybridized carbons (Fsp3) is 0.273. The summed E-state index contributed by atoms with van der Waals surface area (Å²) in [6.07, 6.45) is 0.473. The fourth-order valence-corrected chi connectivity index (χ4v) is 1.41. The van der Waals surface area contributed by atoms with Gasteiger partial charge in [0.05, 0.1) is 5.56 Å². The van der Waals surface area contributed by atoms with Crippen LogP contribution in [0.1, 0.15) is 28.8 Å². The molecular weight excluding hydrogens is 215 g/mol. The van der Waals surface area contributed by atoms with E-state index in [2.05, 4.69) is 0 Å². The first-order valence-corrected chi connectivity index (χ1v) is 4.74. The number of carbonyl (C=O) groups is 2. The number of aryl methyl sites for hydroxylation is 1. The van der Waals surface area contributed by atoms with Crippen molar-refractivity contribution in [1.82, 2.24) is 0 Å². The summed E-state index contributed by atoms with van der Waals surface area (Å²) in [5.74, 6) is -2.60. The van der Waals surface area contributed by atoms with Gasteiger partial charge in [0.2, 0.25) is 0 Å². The number of aromatic carboxylic acids is 1. The molecule has 0 saturated carbocycles. The Morgan fingerprint density at radius 2 is 1.94 bits per heavy atom. The van der Waals surface area contributed by atoms with Gasteiger partial charge in [0.15, 0.2) is 0 Å². The van der Waals surface area contributed by atoms with Gasteiger partial charge in [-0.15, -0.1) is 0 Å². The first-order valence-electron chi connectivity index (χ1n) is 4.74. The molecule has 0 spiro atoms. The number of halogens is 1. The first kappa shape index (κ1) is 12.2. The lowest BCUT2D eigenvalue weighted by atomic mass is 10.0. The zero-order valence-corrected chi connectivity index (χ0v) is 8.44. The Hall–Kier alpha value is -1.91. The molecule has 0 aliphatic heterocycles. The van der Waals surface area contributed by atoms with Gasteiger partial charge in [-0.1, -0.05) is 0 Å². The van der Waals surface area contributed by atoms with Crippen LogP contribution in [0.15, 0.2) is 18.2 Å². The summed E-state index contributed by atoms with van der Waals surface area (Å²) in [7, 11) is 0. The highest BCUT2D eigenvalue weighted by molar-refractivity contribution is 5.89. The molecule has 16 heavy (non-hydrogen) atoms. The van der Waals surface area contributed by atoms with Crippen molar-refractivity contribution in [2.24, 2.45) is 0 Å². The van der Waals surface area contributed by atoms with Crippen LogP contribution in [0.4, 0.5) is 4.39 Å². The SMILES string of the molecule is O=C(O)CCCc1cc(F)ccc1C(=O)O. The third-order valence-electron chi connectivity index (χ3n) is 2.13. The molecule has 4 nitrogen and oxygen atoms in total. The normalized spacial score (nSPS) is 10.1. The predicted octanol–water partition coefficient (Wildman–Crippen LogP) is 1.93. The summed E-state index contributed by atoms with van der Waals surface area (Å²) >= 11 is 0. The minimum Gasteiger partial charge on any atom is -0.481 e. The molecular formula is C11H11FO4. The maximum Gasteiger partial charge on any atom is 0.335 e. The monoisotopic (exact) mass is 226 g/mol. The molecule has 0 atom stereocenters. The molecule has 1 aromatic carbocycles. The van der Waals surface area contributed by atoms with Gasteiger partial charge in [-0.05, 0) is 36.6 Å². The van der Waals surface area contributed by atoms with E-state index < -0.39 is 17.8 Å². The topological polar surface area (TPSA) is 74.6 Å². The van der Waals surface area contributed by atoms with E-state index >= 15 is 0 Å². The van der Waals surface area contributed by atoms with Crippen LogP contribution in [0, 0.1) is 5.82 Å². The van der Waals surface area contributed by atoms with E-state index in [0.29, 0.717) is 12.0 Å². The van der Waals surface area contributed by atoms with Crippen LogP contribution in [0.25, 0.3) is 0 Å². The Morgan fingerprint density at radius 3 is 2.50 bits per heavy atom. The van der Waals surface area contributed by atoms with Gasteiger partial charge >= 0.3 is 11.9 Å². The smallest absolute Gasteiger partial charge is 0.335 e. The van der Waals surface area contributed by atoms with Gasteiger partial charge in [0.25, 0.3) is 0 Å². The largest absolute Gasteiger partial charge is 0.481 e. The molecule has 5 heteroatoms. The summed E-state index contributed by atoms with van der Waals surface area (Å²) in [6.45, 7) is 0. The van der Waals surface area contributed by atoms with Crippen LogP contribution in [-0.4, -0.2) is 22.2 Å². The van der Waals surface area contributed by atoms with Crippen LogP contribution in [0.3, 0.4) is 0 Å². The summed E-state index contributed by atoms with van der Waals surface area (Å²) < 4.78 is 12.9. The zero-order valence-electron chi connectivity index (χ0n) is 8.44. The Balaban J connectivity index is 2.80. The molecule has 0 bridgehead atoms. The Morgan fingerprint density at radius 1 is 1.25 bits per heavy atom. The number of carboxylic acid groups (broad SMARTS) is 2. The lowest BCUT2D eigenvalue weighted by Gasteiger charge is -2.05. The average Bonchev–Trinajstić information content (AvgIpc) is 2.16. The van der Waals surface area contributed by atoms with Gasteiger partial charge in [0, 0.05) is 6.42 Å². The molecule has 0 aliphatic carbocycles. The van der Waals surface area contributed by atoms with E-state index in [1.807, 2.05) is 0 Å². The molecule has 86 valence electrons. The lowest BCUT2D eigenvalue weighted by molar-refractivity contribution is -0.137.